The monoisotopic (exact) mass is 404 g/mol. The molecule has 1 saturated carbocycles. The smallest absolute Gasteiger partial charge is 0.244 e. The van der Waals surface area contributed by atoms with Gasteiger partial charge in [0, 0.05) is 11.5 Å². The van der Waals surface area contributed by atoms with Crippen LogP contribution in [0.5, 0.6) is 5.75 Å². The Balaban J connectivity index is 1.36. The Morgan fingerprint density at radius 1 is 1.24 bits per heavy atom. The topological polar surface area (TPSA) is 51.2 Å². The minimum atomic E-state index is -0.0741. The summed E-state index contributed by atoms with van der Waals surface area (Å²) in [5.41, 5.74) is 3.03. The van der Waals surface area contributed by atoms with Crippen molar-refractivity contribution in [2.24, 2.45) is 5.92 Å². The van der Waals surface area contributed by atoms with Gasteiger partial charge in [-0.1, -0.05) is 42.5 Å². The second kappa shape index (κ2) is 9.05. The van der Waals surface area contributed by atoms with E-state index in [1.54, 1.807) is 17.4 Å². The summed E-state index contributed by atoms with van der Waals surface area (Å²) in [4.78, 5) is 16.9. The first-order valence-electron chi connectivity index (χ1n) is 9.85. The van der Waals surface area contributed by atoms with Gasteiger partial charge < -0.3 is 10.1 Å². The molecule has 5 heteroatoms. The molecule has 0 bridgehead atoms. The number of nitrogens with one attached hydrogen (secondary N) is 1. The number of amides is 1. The lowest BCUT2D eigenvalue weighted by Crippen LogP contribution is -2.28. The van der Waals surface area contributed by atoms with Crippen molar-refractivity contribution in [2.75, 3.05) is 0 Å². The Bertz CT molecular complexity index is 993. The predicted octanol–water partition coefficient (Wildman–Crippen LogP) is 5.31. The summed E-state index contributed by atoms with van der Waals surface area (Å²) in [5.74, 6) is 1.23. The third-order valence-electron chi connectivity index (χ3n) is 4.89. The van der Waals surface area contributed by atoms with E-state index >= 15 is 0 Å². The lowest BCUT2D eigenvalue weighted by atomic mass is 10.0. The summed E-state index contributed by atoms with van der Waals surface area (Å²) in [6.45, 7) is 2.42. The highest BCUT2D eigenvalue weighted by Crippen LogP contribution is 2.40. The second-order valence-electron chi connectivity index (χ2n) is 7.29. The summed E-state index contributed by atoms with van der Waals surface area (Å²) in [6, 6.07) is 18.0. The molecule has 1 aromatic heterocycles. The van der Waals surface area contributed by atoms with E-state index < -0.39 is 0 Å². The quantitative estimate of drug-likeness (QED) is 0.518. The number of ether oxygens (including phenoxy) is 1. The van der Waals surface area contributed by atoms with Crippen LogP contribution in [0.25, 0.3) is 6.08 Å². The second-order valence-corrected chi connectivity index (χ2v) is 8.35. The number of hydrogen-bond acceptors (Lipinski definition) is 4. The van der Waals surface area contributed by atoms with Gasteiger partial charge in [-0.05, 0) is 55.0 Å². The van der Waals surface area contributed by atoms with E-state index in [4.69, 9.17) is 4.74 Å². The molecule has 1 aliphatic rings. The van der Waals surface area contributed by atoms with Crippen LogP contribution in [0.3, 0.4) is 0 Å². The maximum Gasteiger partial charge on any atom is 0.244 e. The lowest BCUT2D eigenvalue weighted by Gasteiger charge is -2.17. The van der Waals surface area contributed by atoms with E-state index in [9.17, 15) is 4.79 Å². The average molecular weight is 405 g/mol. The van der Waals surface area contributed by atoms with E-state index in [0.717, 1.165) is 22.0 Å². The maximum absolute atomic E-state index is 12.5. The molecule has 0 spiro atoms. The number of rotatable bonds is 8. The number of carbonyl (C=O) groups excluding carboxylic acids is 1. The Morgan fingerprint density at radius 3 is 2.79 bits per heavy atom. The lowest BCUT2D eigenvalue weighted by molar-refractivity contribution is -0.117. The highest BCUT2D eigenvalue weighted by molar-refractivity contribution is 7.09. The Hall–Kier alpha value is -2.92. The van der Waals surface area contributed by atoms with Gasteiger partial charge in [-0.25, -0.2) is 4.98 Å². The van der Waals surface area contributed by atoms with Crippen molar-refractivity contribution < 1.29 is 9.53 Å². The van der Waals surface area contributed by atoms with Crippen molar-refractivity contribution >= 4 is 23.3 Å². The first kappa shape index (κ1) is 19.4. The molecule has 4 rings (SSSR count). The molecular weight excluding hydrogens is 380 g/mol. The van der Waals surface area contributed by atoms with Gasteiger partial charge in [0.15, 0.2) is 0 Å². The summed E-state index contributed by atoms with van der Waals surface area (Å²) in [6.07, 6.45) is 5.76. The fourth-order valence-electron chi connectivity index (χ4n) is 3.28. The van der Waals surface area contributed by atoms with Gasteiger partial charge in [0.05, 0.1) is 16.7 Å². The molecule has 1 heterocycles. The van der Waals surface area contributed by atoms with Crippen LogP contribution in [0.2, 0.25) is 0 Å². The molecule has 1 unspecified atom stereocenters. The van der Waals surface area contributed by atoms with Crippen molar-refractivity contribution in [1.29, 1.82) is 0 Å². The van der Waals surface area contributed by atoms with Crippen molar-refractivity contribution in [2.45, 2.75) is 32.4 Å². The van der Waals surface area contributed by atoms with E-state index in [-0.39, 0.29) is 11.9 Å². The molecule has 3 aromatic rings. The fraction of sp³-hybridized carbons (Fsp3) is 0.250. The van der Waals surface area contributed by atoms with E-state index in [1.807, 2.05) is 60.8 Å². The molecule has 1 N–H and O–H groups in total. The minimum Gasteiger partial charge on any atom is -0.487 e. The molecule has 29 heavy (non-hydrogen) atoms. The van der Waals surface area contributed by atoms with Crippen LogP contribution in [0.15, 0.2) is 66.1 Å². The third kappa shape index (κ3) is 5.55. The van der Waals surface area contributed by atoms with Crippen molar-refractivity contribution in [1.82, 2.24) is 10.3 Å². The molecule has 148 valence electrons. The molecule has 1 amide bonds. The number of aromatic nitrogens is 1. The normalized spacial score (nSPS) is 14.7. The Morgan fingerprint density at radius 2 is 2.07 bits per heavy atom. The highest BCUT2D eigenvalue weighted by atomic mass is 32.1. The zero-order chi connectivity index (χ0) is 20.1. The molecule has 0 radical (unpaired) electrons. The average Bonchev–Trinajstić information content (AvgIpc) is 3.51. The van der Waals surface area contributed by atoms with Crippen molar-refractivity contribution in [3.63, 3.8) is 0 Å². The van der Waals surface area contributed by atoms with Gasteiger partial charge >= 0.3 is 0 Å². The predicted molar refractivity (Wildman–Crippen MR) is 117 cm³/mol. The maximum atomic E-state index is 12.5. The van der Waals surface area contributed by atoms with Crippen molar-refractivity contribution in [3.8, 4) is 5.75 Å². The fourth-order valence-corrected chi connectivity index (χ4v) is 3.87. The Labute approximate surface area is 175 Å². The largest absolute Gasteiger partial charge is 0.487 e. The van der Waals surface area contributed by atoms with Gasteiger partial charge in [-0.15, -0.1) is 11.3 Å². The zero-order valence-electron chi connectivity index (χ0n) is 16.4. The van der Waals surface area contributed by atoms with Crippen LogP contribution in [-0.2, 0) is 11.4 Å². The first-order chi connectivity index (χ1) is 14.2. The van der Waals surface area contributed by atoms with Gasteiger partial charge in [0.1, 0.15) is 12.4 Å². The van der Waals surface area contributed by atoms with Crippen LogP contribution in [0, 0.1) is 12.8 Å². The number of carbonyl (C=O) groups is 1. The molecule has 0 saturated heterocycles. The van der Waals surface area contributed by atoms with Crippen LogP contribution >= 0.6 is 11.3 Å². The van der Waals surface area contributed by atoms with Gasteiger partial charge in [-0.2, -0.15) is 0 Å². The standard InChI is InChI=1S/C24H24N2O2S/c1-17-25-21(16-29-17)15-28-22-9-5-6-18(14-22)10-13-23(27)26-24(20-11-12-20)19-7-3-2-4-8-19/h2-10,13-14,16,20,24H,11-12,15H2,1H3,(H,26,27)/b13-10+. The van der Waals surface area contributed by atoms with E-state index in [1.165, 1.54) is 18.4 Å². The third-order valence-corrected chi connectivity index (χ3v) is 5.71. The molecule has 0 aliphatic heterocycles. The number of hydrogen-bond donors (Lipinski definition) is 1. The van der Waals surface area contributed by atoms with Crippen molar-refractivity contribution in [3.05, 3.63) is 87.9 Å². The summed E-state index contributed by atoms with van der Waals surface area (Å²) in [5, 5.41) is 6.20. The number of nitrogens with zero attached hydrogens (tertiary/aromatic N) is 1. The molecular formula is C24H24N2O2S. The van der Waals surface area contributed by atoms with Crippen LogP contribution in [0.1, 0.15) is 40.7 Å². The SMILES string of the molecule is Cc1nc(COc2cccc(/C=C/C(=O)NC(c3ccccc3)C3CC3)c2)cs1. The molecule has 1 aliphatic carbocycles. The van der Waals surface area contributed by atoms with Crippen LogP contribution in [0.4, 0.5) is 0 Å². The van der Waals surface area contributed by atoms with Crippen LogP contribution < -0.4 is 10.1 Å². The van der Waals surface area contributed by atoms with E-state index in [2.05, 4.69) is 22.4 Å². The zero-order valence-corrected chi connectivity index (χ0v) is 17.2. The first-order valence-corrected chi connectivity index (χ1v) is 10.7. The molecule has 1 atom stereocenters. The van der Waals surface area contributed by atoms with Crippen LogP contribution in [-0.4, -0.2) is 10.9 Å². The summed E-state index contributed by atoms with van der Waals surface area (Å²) < 4.78 is 5.82. The summed E-state index contributed by atoms with van der Waals surface area (Å²) >= 11 is 1.62. The van der Waals surface area contributed by atoms with Gasteiger partial charge in [0.2, 0.25) is 5.91 Å². The highest BCUT2D eigenvalue weighted by Gasteiger charge is 2.32. The molecule has 2 aromatic carbocycles. The number of aryl methyl sites for hydroxylation is 1. The van der Waals surface area contributed by atoms with E-state index in [0.29, 0.717) is 12.5 Å². The van der Waals surface area contributed by atoms with Gasteiger partial charge in [0.25, 0.3) is 0 Å². The summed E-state index contributed by atoms with van der Waals surface area (Å²) in [7, 11) is 0. The minimum absolute atomic E-state index is 0.0741. The molecule has 1 fully saturated rings. The number of thiazole rings is 1. The van der Waals surface area contributed by atoms with Gasteiger partial charge in [-0.3, -0.25) is 4.79 Å². The Kier molecular flexibility index (Phi) is 6.06. The number of benzene rings is 2. The molecule has 4 nitrogen and oxygen atoms in total.